The maximum Gasteiger partial charge on any atom is 0.137 e. The molecule has 0 bridgehead atoms. The molecule has 3 rings (SSSR count). The first kappa shape index (κ1) is 11.7. The molecule has 3 heterocycles. The Bertz CT molecular complexity index is 561. The Morgan fingerprint density at radius 3 is 3.00 bits per heavy atom. The molecule has 0 spiro atoms. The van der Waals surface area contributed by atoms with Crippen molar-refractivity contribution in [2.45, 2.75) is 44.4 Å². The summed E-state index contributed by atoms with van der Waals surface area (Å²) in [6.07, 6.45) is 5.23. The van der Waals surface area contributed by atoms with Gasteiger partial charge in [-0.1, -0.05) is 0 Å². The number of aromatic amines is 1. The number of rotatable bonds is 2. The second-order valence-corrected chi connectivity index (χ2v) is 5.76. The van der Waals surface area contributed by atoms with Crippen molar-refractivity contribution in [1.29, 1.82) is 0 Å². The van der Waals surface area contributed by atoms with Crippen molar-refractivity contribution in [1.82, 2.24) is 15.3 Å². The highest BCUT2D eigenvalue weighted by Gasteiger charge is 2.35. The number of hydrogen-bond acceptors (Lipinski definition) is 3. The van der Waals surface area contributed by atoms with Crippen LogP contribution in [0.5, 0.6) is 0 Å². The lowest BCUT2D eigenvalue weighted by Gasteiger charge is -2.24. The molecule has 0 saturated carbocycles. The molecule has 0 aromatic carbocycles. The second kappa shape index (κ2) is 4.07. The third-order valence-electron chi connectivity index (χ3n) is 3.85. The highest BCUT2D eigenvalue weighted by molar-refractivity contribution is 5.79. The lowest BCUT2D eigenvalue weighted by molar-refractivity contribution is 0.133. The van der Waals surface area contributed by atoms with Gasteiger partial charge in [-0.2, -0.15) is 0 Å². The summed E-state index contributed by atoms with van der Waals surface area (Å²) in [5.41, 5.74) is 1.91. The Morgan fingerprint density at radius 1 is 1.44 bits per heavy atom. The fraction of sp³-hybridized carbons (Fsp3) is 0.500. The molecule has 2 aromatic heterocycles. The normalized spacial score (nSPS) is 24.5. The third-order valence-corrected chi connectivity index (χ3v) is 3.85. The van der Waals surface area contributed by atoms with Crippen LogP contribution in [-0.4, -0.2) is 26.7 Å². The number of H-pyrrole nitrogens is 1. The number of aliphatic hydroxyl groups excluding tert-OH is 1. The van der Waals surface area contributed by atoms with E-state index in [9.17, 15) is 5.11 Å². The summed E-state index contributed by atoms with van der Waals surface area (Å²) in [4.78, 5) is 7.33. The molecule has 3 N–H and O–H groups in total. The lowest BCUT2D eigenvalue weighted by Crippen LogP contribution is -2.40. The molecule has 1 aliphatic rings. The van der Waals surface area contributed by atoms with E-state index in [2.05, 4.69) is 29.1 Å². The highest BCUT2D eigenvalue weighted by atomic mass is 16.3. The fourth-order valence-electron chi connectivity index (χ4n) is 2.86. The Morgan fingerprint density at radius 2 is 2.28 bits per heavy atom. The molecule has 1 saturated heterocycles. The van der Waals surface area contributed by atoms with Crippen LogP contribution in [0, 0.1) is 0 Å². The molecule has 4 nitrogen and oxygen atoms in total. The van der Waals surface area contributed by atoms with E-state index in [4.69, 9.17) is 0 Å². The SMILES string of the molecule is CC1(C)CC[C@@H]([C@H](O)c2ccnc3[nH]ccc23)N1. The van der Waals surface area contributed by atoms with Gasteiger partial charge in [0, 0.05) is 29.4 Å². The summed E-state index contributed by atoms with van der Waals surface area (Å²) < 4.78 is 0. The predicted molar refractivity (Wildman–Crippen MR) is 71.3 cm³/mol. The van der Waals surface area contributed by atoms with Crippen LogP contribution in [0.1, 0.15) is 38.4 Å². The highest BCUT2D eigenvalue weighted by Crippen LogP contribution is 2.32. The molecular weight excluding hydrogens is 226 g/mol. The van der Waals surface area contributed by atoms with Gasteiger partial charge < -0.3 is 15.4 Å². The topological polar surface area (TPSA) is 60.9 Å². The summed E-state index contributed by atoms with van der Waals surface area (Å²) in [5.74, 6) is 0. The number of aromatic nitrogens is 2. The van der Waals surface area contributed by atoms with E-state index in [1.165, 1.54) is 0 Å². The van der Waals surface area contributed by atoms with E-state index >= 15 is 0 Å². The van der Waals surface area contributed by atoms with Gasteiger partial charge >= 0.3 is 0 Å². The molecule has 1 fully saturated rings. The van der Waals surface area contributed by atoms with Gasteiger partial charge in [0.25, 0.3) is 0 Å². The van der Waals surface area contributed by atoms with Crippen LogP contribution in [0.3, 0.4) is 0 Å². The summed E-state index contributed by atoms with van der Waals surface area (Å²) in [6.45, 7) is 4.36. The minimum Gasteiger partial charge on any atom is -0.387 e. The van der Waals surface area contributed by atoms with Crippen molar-refractivity contribution in [3.63, 3.8) is 0 Å². The van der Waals surface area contributed by atoms with Crippen molar-refractivity contribution in [3.8, 4) is 0 Å². The monoisotopic (exact) mass is 245 g/mol. The lowest BCUT2D eigenvalue weighted by atomic mass is 9.99. The van der Waals surface area contributed by atoms with E-state index in [0.717, 1.165) is 29.4 Å². The van der Waals surface area contributed by atoms with E-state index in [1.54, 1.807) is 6.20 Å². The average Bonchev–Trinajstić information content (AvgIpc) is 2.93. The number of aliphatic hydroxyl groups is 1. The first-order chi connectivity index (χ1) is 8.57. The van der Waals surface area contributed by atoms with Crippen molar-refractivity contribution in [2.75, 3.05) is 0 Å². The standard InChI is InChI=1S/C14H19N3O/c1-14(2)6-3-11(17-14)12(18)9-4-7-15-13-10(9)5-8-16-13/h4-5,7-8,11-12,17-18H,3,6H2,1-2H3,(H,15,16)/t11-,12+/m0/s1. The number of hydrogen-bond donors (Lipinski definition) is 3. The van der Waals surface area contributed by atoms with E-state index in [1.807, 2.05) is 18.3 Å². The summed E-state index contributed by atoms with van der Waals surface area (Å²) >= 11 is 0. The summed E-state index contributed by atoms with van der Waals surface area (Å²) in [5, 5.41) is 15.1. The predicted octanol–water partition coefficient (Wildman–Crippen LogP) is 2.13. The first-order valence-corrected chi connectivity index (χ1v) is 6.45. The molecule has 0 radical (unpaired) electrons. The van der Waals surface area contributed by atoms with Gasteiger partial charge in [-0.05, 0) is 44.4 Å². The summed E-state index contributed by atoms with van der Waals surface area (Å²) in [6, 6.07) is 4.01. The summed E-state index contributed by atoms with van der Waals surface area (Å²) in [7, 11) is 0. The Labute approximate surface area is 106 Å². The minimum absolute atomic E-state index is 0.121. The molecule has 0 amide bonds. The van der Waals surface area contributed by atoms with Crippen LogP contribution in [0.15, 0.2) is 24.5 Å². The fourth-order valence-corrected chi connectivity index (χ4v) is 2.86. The van der Waals surface area contributed by atoms with Crippen LogP contribution in [0.25, 0.3) is 11.0 Å². The third kappa shape index (κ3) is 1.91. The quantitative estimate of drug-likeness (QED) is 0.759. The van der Waals surface area contributed by atoms with Gasteiger partial charge in [0.1, 0.15) is 5.65 Å². The van der Waals surface area contributed by atoms with Gasteiger partial charge in [-0.25, -0.2) is 4.98 Å². The maximum atomic E-state index is 10.6. The van der Waals surface area contributed by atoms with Crippen LogP contribution >= 0.6 is 0 Å². The zero-order chi connectivity index (χ0) is 12.8. The number of nitrogens with one attached hydrogen (secondary N) is 2. The molecule has 0 unspecified atom stereocenters. The Kier molecular flexibility index (Phi) is 2.64. The molecule has 1 aliphatic heterocycles. The van der Waals surface area contributed by atoms with Crippen LogP contribution in [-0.2, 0) is 0 Å². The van der Waals surface area contributed by atoms with Crippen molar-refractivity contribution < 1.29 is 5.11 Å². The molecule has 2 atom stereocenters. The van der Waals surface area contributed by atoms with Crippen LogP contribution in [0.2, 0.25) is 0 Å². The molecule has 96 valence electrons. The largest absolute Gasteiger partial charge is 0.387 e. The van der Waals surface area contributed by atoms with Crippen molar-refractivity contribution in [2.24, 2.45) is 0 Å². The van der Waals surface area contributed by atoms with E-state index in [0.29, 0.717) is 0 Å². The zero-order valence-corrected chi connectivity index (χ0v) is 10.8. The number of pyridine rings is 1. The smallest absolute Gasteiger partial charge is 0.137 e. The van der Waals surface area contributed by atoms with E-state index < -0.39 is 6.10 Å². The molecule has 0 aliphatic carbocycles. The number of fused-ring (bicyclic) bond motifs is 1. The number of nitrogens with zero attached hydrogens (tertiary/aromatic N) is 1. The molecule has 18 heavy (non-hydrogen) atoms. The van der Waals surface area contributed by atoms with E-state index in [-0.39, 0.29) is 11.6 Å². The molecular formula is C14H19N3O. The van der Waals surface area contributed by atoms with Gasteiger partial charge in [-0.15, -0.1) is 0 Å². The maximum absolute atomic E-state index is 10.6. The average molecular weight is 245 g/mol. The van der Waals surface area contributed by atoms with Gasteiger partial charge in [-0.3, -0.25) is 0 Å². The second-order valence-electron chi connectivity index (χ2n) is 5.76. The molecule has 2 aromatic rings. The first-order valence-electron chi connectivity index (χ1n) is 6.45. The Hall–Kier alpha value is -1.39. The van der Waals surface area contributed by atoms with Gasteiger partial charge in [0.2, 0.25) is 0 Å². The Balaban J connectivity index is 1.93. The molecule has 4 heteroatoms. The minimum atomic E-state index is -0.479. The van der Waals surface area contributed by atoms with Crippen LogP contribution in [0.4, 0.5) is 0 Å². The van der Waals surface area contributed by atoms with Gasteiger partial charge in [0.05, 0.1) is 6.10 Å². The zero-order valence-electron chi connectivity index (χ0n) is 10.8. The van der Waals surface area contributed by atoms with Crippen molar-refractivity contribution >= 4 is 11.0 Å². The van der Waals surface area contributed by atoms with Gasteiger partial charge in [0.15, 0.2) is 0 Å². The van der Waals surface area contributed by atoms with Crippen molar-refractivity contribution in [3.05, 3.63) is 30.1 Å². The van der Waals surface area contributed by atoms with Crippen LogP contribution < -0.4 is 5.32 Å².